The summed E-state index contributed by atoms with van der Waals surface area (Å²) in [6.07, 6.45) is 1.71. The third-order valence-electron chi connectivity index (χ3n) is 5.28. The minimum absolute atomic E-state index is 0.268. The van der Waals surface area contributed by atoms with Crippen LogP contribution in [0.3, 0.4) is 0 Å². The Morgan fingerprint density at radius 2 is 2.00 bits per heavy atom. The fourth-order valence-electron chi connectivity index (χ4n) is 3.74. The Bertz CT molecular complexity index is 1180. The molecule has 0 saturated heterocycles. The number of benzene rings is 2. The molecule has 32 heavy (non-hydrogen) atoms. The molecule has 3 heterocycles. The van der Waals surface area contributed by atoms with Gasteiger partial charge in [-0.3, -0.25) is 0 Å². The van der Waals surface area contributed by atoms with Crippen molar-refractivity contribution in [3.63, 3.8) is 0 Å². The van der Waals surface area contributed by atoms with Crippen molar-refractivity contribution in [2.75, 3.05) is 6.79 Å². The van der Waals surface area contributed by atoms with Gasteiger partial charge in [-0.05, 0) is 35.6 Å². The molecule has 0 bridgehead atoms. The maximum Gasteiger partial charge on any atom is 0.191 e. The lowest BCUT2D eigenvalue weighted by Crippen LogP contribution is -2.13. The second-order valence-electron chi connectivity index (χ2n) is 7.49. The molecule has 0 N–H and O–H groups in total. The summed E-state index contributed by atoms with van der Waals surface area (Å²) in [4.78, 5) is 1.28. The minimum Gasteiger partial charge on any atom is -0.467 e. The molecule has 5 nitrogen and oxygen atoms in total. The van der Waals surface area contributed by atoms with E-state index in [9.17, 15) is 0 Å². The van der Waals surface area contributed by atoms with Gasteiger partial charge in [0.05, 0.1) is 6.61 Å². The predicted molar refractivity (Wildman–Crippen MR) is 129 cm³/mol. The molecule has 4 aromatic rings. The zero-order chi connectivity index (χ0) is 21.8. The van der Waals surface area contributed by atoms with E-state index in [1.807, 2.05) is 18.2 Å². The number of thioether (sulfide) groups is 1. The van der Waals surface area contributed by atoms with Gasteiger partial charge in [-0.15, -0.1) is 21.5 Å². The molecular formula is C24H22ClN3O2S2. The average Bonchev–Trinajstić information content (AvgIpc) is 3.47. The van der Waals surface area contributed by atoms with E-state index >= 15 is 0 Å². The van der Waals surface area contributed by atoms with E-state index in [-0.39, 0.29) is 6.79 Å². The van der Waals surface area contributed by atoms with Crippen molar-refractivity contribution in [2.45, 2.75) is 36.9 Å². The normalized spacial score (nSPS) is 13.0. The Morgan fingerprint density at radius 3 is 2.84 bits per heavy atom. The van der Waals surface area contributed by atoms with Crippen LogP contribution >= 0.6 is 34.7 Å². The highest BCUT2D eigenvalue weighted by Crippen LogP contribution is 2.35. The van der Waals surface area contributed by atoms with Crippen molar-refractivity contribution in [3.05, 3.63) is 92.4 Å². The van der Waals surface area contributed by atoms with Crippen molar-refractivity contribution < 1.29 is 9.47 Å². The van der Waals surface area contributed by atoms with Crippen molar-refractivity contribution in [3.8, 4) is 5.75 Å². The second kappa shape index (κ2) is 10.1. The maximum absolute atomic E-state index is 6.34. The molecule has 0 amide bonds. The highest BCUT2D eigenvalue weighted by molar-refractivity contribution is 7.98. The molecule has 1 aliphatic heterocycles. The van der Waals surface area contributed by atoms with Gasteiger partial charge < -0.3 is 14.0 Å². The average molecular weight is 484 g/mol. The molecule has 0 aliphatic carbocycles. The van der Waals surface area contributed by atoms with Gasteiger partial charge in [0, 0.05) is 39.7 Å². The van der Waals surface area contributed by atoms with E-state index in [0.717, 1.165) is 47.2 Å². The molecule has 0 fully saturated rings. The molecule has 2 aromatic heterocycles. The van der Waals surface area contributed by atoms with Gasteiger partial charge in [-0.25, -0.2) is 0 Å². The van der Waals surface area contributed by atoms with Crippen molar-refractivity contribution in [1.82, 2.24) is 14.8 Å². The summed E-state index contributed by atoms with van der Waals surface area (Å²) < 4.78 is 13.4. The predicted octanol–water partition coefficient (Wildman–Crippen LogP) is 5.99. The van der Waals surface area contributed by atoms with Gasteiger partial charge in [0.15, 0.2) is 11.9 Å². The van der Waals surface area contributed by atoms with Crippen LogP contribution in [0.2, 0.25) is 5.02 Å². The third-order valence-corrected chi connectivity index (χ3v) is 7.39. The van der Waals surface area contributed by atoms with Crippen LogP contribution in [0.1, 0.15) is 27.4 Å². The van der Waals surface area contributed by atoms with Crippen LogP contribution in [0.25, 0.3) is 0 Å². The lowest BCUT2D eigenvalue weighted by Gasteiger charge is -2.21. The van der Waals surface area contributed by atoms with E-state index in [0.29, 0.717) is 17.4 Å². The van der Waals surface area contributed by atoms with Gasteiger partial charge in [-0.1, -0.05) is 59.8 Å². The summed E-state index contributed by atoms with van der Waals surface area (Å²) in [7, 11) is 0. The Kier molecular flexibility index (Phi) is 6.78. The number of rotatable bonds is 8. The quantitative estimate of drug-likeness (QED) is 0.288. The van der Waals surface area contributed by atoms with E-state index < -0.39 is 0 Å². The molecular weight excluding hydrogens is 462 g/mol. The monoisotopic (exact) mass is 483 g/mol. The smallest absolute Gasteiger partial charge is 0.191 e. The van der Waals surface area contributed by atoms with Crippen LogP contribution in [0.15, 0.2) is 65.1 Å². The molecule has 0 radical (unpaired) electrons. The van der Waals surface area contributed by atoms with E-state index in [1.54, 1.807) is 23.1 Å². The molecule has 2 aromatic carbocycles. The van der Waals surface area contributed by atoms with Crippen LogP contribution in [-0.2, 0) is 36.5 Å². The summed E-state index contributed by atoms with van der Waals surface area (Å²) in [5.74, 6) is 2.57. The Morgan fingerprint density at radius 1 is 1.09 bits per heavy atom. The lowest BCUT2D eigenvalue weighted by atomic mass is 10.1. The van der Waals surface area contributed by atoms with E-state index in [4.69, 9.17) is 21.1 Å². The highest BCUT2D eigenvalue weighted by Gasteiger charge is 2.19. The van der Waals surface area contributed by atoms with Crippen LogP contribution in [0, 0.1) is 0 Å². The summed E-state index contributed by atoms with van der Waals surface area (Å²) in [6, 6.07) is 18.6. The number of hydrogen-bond donors (Lipinski definition) is 0. The Hall–Kier alpha value is -2.32. The van der Waals surface area contributed by atoms with Gasteiger partial charge in [0.2, 0.25) is 0 Å². The zero-order valence-corrected chi connectivity index (χ0v) is 19.8. The first-order chi connectivity index (χ1) is 15.8. The number of nitrogens with zero attached hydrogens (tertiary/aromatic N) is 3. The molecule has 5 rings (SSSR count). The first kappa shape index (κ1) is 21.5. The van der Waals surface area contributed by atoms with E-state index in [2.05, 4.69) is 56.5 Å². The number of thiophene rings is 1. The Labute approximate surface area is 200 Å². The van der Waals surface area contributed by atoms with Crippen LogP contribution in [-0.4, -0.2) is 21.6 Å². The molecule has 164 valence electrons. The molecule has 0 saturated carbocycles. The standard InChI is InChI=1S/C24H22ClN3O2S2/c25-20-11-18-14-29-16-30-23(18)19(12-20)15-32-24-27-26-22(13-21-7-4-10-31-21)28(24)9-8-17-5-2-1-3-6-17/h1-7,10-12H,8-9,13-16H2. The summed E-state index contributed by atoms with van der Waals surface area (Å²) >= 11 is 9.75. The highest BCUT2D eigenvalue weighted by atomic mass is 35.5. The summed E-state index contributed by atoms with van der Waals surface area (Å²) in [6.45, 7) is 1.62. The van der Waals surface area contributed by atoms with Crippen LogP contribution in [0.5, 0.6) is 5.75 Å². The molecule has 1 aliphatic rings. The minimum atomic E-state index is 0.268. The molecule has 0 unspecified atom stereocenters. The van der Waals surface area contributed by atoms with E-state index in [1.165, 1.54) is 10.4 Å². The third kappa shape index (κ3) is 5.02. The number of halogens is 1. The summed E-state index contributed by atoms with van der Waals surface area (Å²) in [5.41, 5.74) is 3.35. The number of aromatic nitrogens is 3. The van der Waals surface area contributed by atoms with Gasteiger partial charge in [0.1, 0.15) is 11.6 Å². The number of hydrogen-bond acceptors (Lipinski definition) is 6. The first-order valence-electron chi connectivity index (χ1n) is 10.4. The molecule has 0 atom stereocenters. The van der Waals surface area contributed by atoms with Crippen molar-refractivity contribution >= 4 is 34.7 Å². The zero-order valence-electron chi connectivity index (χ0n) is 17.4. The maximum atomic E-state index is 6.34. The molecule has 0 spiro atoms. The van der Waals surface area contributed by atoms with Gasteiger partial charge in [0.25, 0.3) is 0 Å². The van der Waals surface area contributed by atoms with Crippen molar-refractivity contribution in [2.24, 2.45) is 0 Å². The number of fused-ring (bicyclic) bond motifs is 1. The second-order valence-corrected chi connectivity index (χ2v) is 9.91. The lowest BCUT2D eigenvalue weighted by molar-refractivity contribution is -0.0168. The van der Waals surface area contributed by atoms with Gasteiger partial charge >= 0.3 is 0 Å². The Balaban J connectivity index is 1.38. The van der Waals surface area contributed by atoms with Gasteiger partial charge in [-0.2, -0.15) is 0 Å². The number of ether oxygens (including phenoxy) is 2. The van der Waals surface area contributed by atoms with Crippen LogP contribution < -0.4 is 4.74 Å². The largest absolute Gasteiger partial charge is 0.467 e. The SMILES string of the molecule is Clc1cc2c(c(CSc3nnc(Cc4cccs4)n3CCc3ccccc3)c1)OCOC2. The van der Waals surface area contributed by atoms with Crippen LogP contribution in [0.4, 0.5) is 0 Å². The fourth-order valence-corrected chi connectivity index (χ4v) is 5.66. The van der Waals surface area contributed by atoms with Crippen molar-refractivity contribution in [1.29, 1.82) is 0 Å². The summed E-state index contributed by atoms with van der Waals surface area (Å²) in [5, 5.41) is 12.8. The fraction of sp³-hybridized carbons (Fsp3) is 0.250. The number of aryl methyl sites for hydroxylation is 1. The topological polar surface area (TPSA) is 49.2 Å². The molecule has 8 heteroatoms. The first-order valence-corrected chi connectivity index (χ1v) is 12.6.